The summed E-state index contributed by atoms with van der Waals surface area (Å²) in [6.07, 6.45) is 8.19. The SMILES string of the molecule is C=CC[Si](CC=C)(CC=C)C(C=C)N1CCNc2cc(-c3ccccc3)c(O)cc21. The summed E-state index contributed by atoms with van der Waals surface area (Å²) in [5, 5.41) is 14.4. The normalized spacial score (nSPS) is 14.2. The van der Waals surface area contributed by atoms with Gasteiger partial charge in [-0.05, 0) is 29.8 Å². The topological polar surface area (TPSA) is 35.5 Å². The van der Waals surface area contributed by atoms with Crippen LogP contribution in [-0.2, 0) is 0 Å². The Hall–Kier alpha value is -2.98. The molecule has 3 nitrogen and oxygen atoms in total. The Morgan fingerprint density at radius 3 is 2.20 bits per heavy atom. The Bertz CT molecular complexity index is 896. The van der Waals surface area contributed by atoms with Crippen molar-refractivity contribution < 1.29 is 5.11 Å². The number of rotatable bonds is 10. The second kappa shape index (κ2) is 9.68. The molecule has 30 heavy (non-hydrogen) atoms. The van der Waals surface area contributed by atoms with Crippen molar-refractivity contribution in [3.63, 3.8) is 0 Å². The molecule has 156 valence electrons. The summed E-state index contributed by atoms with van der Waals surface area (Å²) >= 11 is 0. The molecule has 0 radical (unpaired) electrons. The van der Waals surface area contributed by atoms with Gasteiger partial charge < -0.3 is 15.3 Å². The predicted octanol–water partition coefficient (Wildman–Crippen LogP) is 6.39. The Kier molecular flexibility index (Phi) is 7.01. The summed E-state index contributed by atoms with van der Waals surface area (Å²) in [6, 6.07) is 16.9. The third-order valence-electron chi connectivity index (χ3n) is 6.02. The van der Waals surface area contributed by atoms with Crippen LogP contribution in [0.1, 0.15) is 0 Å². The number of fused-ring (bicyclic) bond motifs is 1. The molecule has 1 heterocycles. The Morgan fingerprint density at radius 2 is 1.63 bits per heavy atom. The van der Waals surface area contributed by atoms with Gasteiger partial charge in [-0.2, -0.15) is 0 Å². The molecule has 3 rings (SSSR count). The third kappa shape index (κ3) is 4.14. The molecule has 0 spiro atoms. The van der Waals surface area contributed by atoms with E-state index in [0.29, 0.717) is 5.75 Å². The first-order chi connectivity index (χ1) is 14.6. The van der Waals surface area contributed by atoms with Gasteiger partial charge in [-0.15, -0.1) is 26.3 Å². The van der Waals surface area contributed by atoms with Gasteiger partial charge in [0.1, 0.15) is 5.75 Å². The van der Waals surface area contributed by atoms with Gasteiger partial charge in [0, 0.05) is 30.4 Å². The minimum Gasteiger partial charge on any atom is -0.507 e. The quantitative estimate of drug-likeness (QED) is 0.267. The molecule has 2 aromatic carbocycles. The zero-order chi connectivity index (χ0) is 21.6. The molecule has 0 saturated heterocycles. The number of phenols is 1. The molecule has 0 saturated carbocycles. The molecule has 2 N–H and O–H groups in total. The number of aromatic hydroxyl groups is 1. The molecule has 1 unspecified atom stereocenters. The fraction of sp³-hybridized carbons (Fsp3) is 0.231. The van der Waals surface area contributed by atoms with Crippen LogP contribution in [-0.4, -0.2) is 31.9 Å². The number of anilines is 2. The van der Waals surface area contributed by atoms with E-state index in [0.717, 1.165) is 53.7 Å². The highest BCUT2D eigenvalue weighted by Gasteiger charge is 2.41. The number of hydrogen-bond donors (Lipinski definition) is 2. The minimum atomic E-state index is -1.93. The van der Waals surface area contributed by atoms with Gasteiger partial charge in [0.2, 0.25) is 0 Å². The largest absolute Gasteiger partial charge is 0.507 e. The number of phenolic OH excluding ortho intramolecular Hbond substituents is 1. The molecule has 0 fully saturated rings. The van der Waals surface area contributed by atoms with Gasteiger partial charge in [-0.3, -0.25) is 0 Å². The summed E-state index contributed by atoms with van der Waals surface area (Å²) in [6.45, 7) is 18.0. The summed E-state index contributed by atoms with van der Waals surface area (Å²) in [7, 11) is -1.93. The molecule has 0 aliphatic carbocycles. The summed E-state index contributed by atoms with van der Waals surface area (Å²) in [5.74, 6) is 0.292. The standard InChI is InChI=1S/C26H32N2OSi/c1-5-16-30(17-6-2,18-7-3)26(8-4)28-15-14-27-23-19-22(25(29)20-24(23)28)21-12-10-9-11-13-21/h5-13,19-20,26-27,29H,1-4,14-18H2. The maximum absolute atomic E-state index is 10.9. The van der Waals surface area contributed by atoms with Crippen LogP contribution < -0.4 is 10.2 Å². The molecule has 0 bridgehead atoms. The van der Waals surface area contributed by atoms with Gasteiger partial charge in [0.25, 0.3) is 0 Å². The molecule has 1 atom stereocenters. The first kappa shape index (κ1) is 21.7. The highest BCUT2D eigenvalue weighted by molar-refractivity contribution is 6.83. The van der Waals surface area contributed by atoms with Crippen molar-refractivity contribution in [2.24, 2.45) is 0 Å². The van der Waals surface area contributed by atoms with Crippen molar-refractivity contribution in [3.05, 3.63) is 93.1 Å². The lowest BCUT2D eigenvalue weighted by molar-refractivity contribution is 0.477. The van der Waals surface area contributed by atoms with Crippen LogP contribution in [0.3, 0.4) is 0 Å². The summed E-state index contributed by atoms with van der Waals surface area (Å²) in [5.41, 5.74) is 4.10. The van der Waals surface area contributed by atoms with Gasteiger partial charge in [0.05, 0.1) is 19.4 Å². The highest BCUT2D eigenvalue weighted by atomic mass is 28.3. The molecular formula is C26H32N2OSi. The minimum absolute atomic E-state index is 0.189. The zero-order valence-corrected chi connectivity index (χ0v) is 18.7. The van der Waals surface area contributed by atoms with E-state index in [9.17, 15) is 5.11 Å². The first-order valence-corrected chi connectivity index (χ1v) is 13.2. The van der Waals surface area contributed by atoms with E-state index in [2.05, 4.69) is 48.7 Å². The fourth-order valence-electron chi connectivity index (χ4n) is 4.71. The van der Waals surface area contributed by atoms with Crippen molar-refractivity contribution in [3.8, 4) is 16.9 Å². The zero-order valence-electron chi connectivity index (χ0n) is 17.7. The lowest BCUT2D eigenvalue weighted by atomic mass is 10.0. The number of nitrogens with zero attached hydrogens (tertiary/aromatic N) is 1. The van der Waals surface area contributed by atoms with Crippen LogP contribution in [0, 0.1) is 0 Å². The second-order valence-electron chi connectivity index (χ2n) is 7.89. The van der Waals surface area contributed by atoms with Crippen molar-refractivity contribution >= 4 is 19.4 Å². The Labute approximate surface area is 181 Å². The third-order valence-corrected chi connectivity index (χ3v) is 11.1. The maximum atomic E-state index is 10.9. The van der Waals surface area contributed by atoms with Crippen LogP contribution >= 0.6 is 0 Å². The van der Waals surface area contributed by atoms with Crippen molar-refractivity contribution in [2.75, 3.05) is 23.3 Å². The Balaban J connectivity index is 2.08. The number of allylic oxidation sites excluding steroid dienone is 3. The summed E-state index contributed by atoms with van der Waals surface area (Å²) in [4.78, 5) is 2.41. The van der Waals surface area contributed by atoms with Crippen LogP contribution in [0.25, 0.3) is 11.1 Å². The molecule has 4 heteroatoms. The molecule has 2 aromatic rings. The molecule has 0 aromatic heterocycles. The van der Waals surface area contributed by atoms with E-state index in [4.69, 9.17) is 0 Å². The number of nitrogens with one attached hydrogen (secondary N) is 1. The van der Waals surface area contributed by atoms with E-state index in [1.165, 1.54) is 0 Å². The summed E-state index contributed by atoms with van der Waals surface area (Å²) < 4.78 is 0. The smallest absolute Gasteiger partial charge is 0.125 e. The molecule has 1 aliphatic heterocycles. The van der Waals surface area contributed by atoms with E-state index in [1.54, 1.807) is 0 Å². The lowest BCUT2D eigenvalue weighted by Gasteiger charge is -2.46. The monoisotopic (exact) mass is 416 g/mol. The highest BCUT2D eigenvalue weighted by Crippen LogP contribution is 2.43. The average Bonchev–Trinajstić information content (AvgIpc) is 2.75. The van der Waals surface area contributed by atoms with E-state index < -0.39 is 8.07 Å². The van der Waals surface area contributed by atoms with Crippen LogP contribution in [0.15, 0.2) is 93.1 Å². The van der Waals surface area contributed by atoms with E-state index in [1.807, 2.05) is 54.6 Å². The number of benzene rings is 2. The van der Waals surface area contributed by atoms with Gasteiger partial charge in [-0.25, -0.2) is 0 Å². The van der Waals surface area contributed by atoms with Gasteiger partial charge in [-0.1, -0.05) is 54.6 Å². The predicted molar refractivity (Wildman–Crippen MR) is 134 cm³/mol. The lowest BCUT2D eigenvalue weighted by Crippen LogP contribution is -2.57. The van der Waals surface area contributed by atoms with Crippen LogP contribution in [0.5, 0.6) is 5.75 Å². The van der Waals surface area contributed by atoms with E-state index in [-0.39, 0.29) is 5.67 Å². The first-order valence-electron chi connectivity index (χ1n) is 10.5. The maximum Gasteiger partial charge on any atom is 0.125 e. The van der Waals surface area contributed by atoms with Crippen LogP contribution in [0.4, 0.5) is 11.4 Å². The van der Waals surface area contributed by atoms with Gasteiger partial charge >= 0.3 is 0 Å². The second-order valence-corrected chi connectivity index (χ2v) is 12.4. The number of hydrogen-bond acceptors (Lipinski definition) is 3. The molecular weight excluding hydrogens is 384 g/mol. The Morgan fingerprint density at radius 1 is 1.00 bits per heavy atom. The van der Waals surface area contributed by atoms with Crippen molar-refractivity contribution in [1.82, 2.24) is 0 Å². The van der Waals surface area contributed by atoms with Crippen molar-refractivity contribution in [2.45, 2.75) is 23.8 Å². The van der Waals surface area contributed by atoms with E-state index >= 15 is 0 Å². The fourth-order valence-corrected chi connectivity index (χ4v) is 9.09. The van der Waals surface area contributed by atoms with Gasteiger partial charge in [0.15, 0.2) is 0 Å². The van der Waals surface area contributed by atoms with Crippen LogP contribution in [0.2, 0.25) is 18.1 Å². The van der Waals surface area contributed by atoms with Crippen molar-refractivity contribution in [1.29, 1.82) is 0 Å². The molecule has 1 aliphatic rings. The average molecular weight is 417 g/mol. The molecule has 0 amide bonds.